The molecule has 0 saturated carbocycles. The molecule has 0 fully saturated rings. The Morgan fingerprint density at radius 2 is 1.57 bits per heavy atom. The summed E-state index contributed by atoms with van der Waals surface area (Å²) in [5.74, 6) is 1.85. The first-order valence-electron chi connectivity index (χ1n) is 9.41. The van der Waals surface area contributed by atoms with Crippen LogP contribution in [0.5, 0.6) is 0 Å². The number of rotatable bonds is 7. The molecule has 4 nitrogen and oxygen atoms in total. The highest BCUT2D eigenvalue weighted by molar-refractivity contribution is 8.14. The zero-order valence-electron chi connectivity index (χ0n) is 16.4. The van der Waals surface area contributed by atoms with Crippen LogP contribution in [0, 0.1) is 0 Å². The molecule has 0 atom stereocenters. The van der Waals surface area contributed by atoms with E-state index in [9.17, 15) is 0 Å². The molecular weight excluding hydrogens is 364 g/mol. The van der Waals surface area contributed by atoms with Crippen molar-refractivity contribution < 1.29 is 0 Å². The fourth-order valence-corrected chi connectivity index (χ4v) is 3.66. The van der Waals surface area contributed by atoms with Crippen LogP contribution in [0.4, 0.5) is 17.2 Å². The summed E-state index contributed by atoms with van der Waals surface area (Å²) in [5, 5.41) is 0.926. The second kappa shape index (κ2) is 10.6. The minimum Gasteiger partial charge on any atom is -0.309 e. The number of pyridine rings is 1. The Balaban J connectivity index is 1.97. The van der Waals surface area contributed by atoms with Crippen LogP contribution in [0.25, 0.3) is 0 Å². The summed E-state index contributed by atoms with van der Waals surface area (Å²) in [6.45, 7) is 1.06. The molecule has 0 amide bonds. The van der Waals surface area contributed by atoms with E-state index in [0.717, 1.165) is 41.1 Å². The normalized spacial score (nSPS) is 11.6. The lowest BCUT2D eigenvalue weighted by Gasteiger charge is -2.25. The Morgan fingerprint density at radius 1 is 0.893 bits per heavy atom. The van der Waals surface area contributed by atoms with Crippen molar-refractivity contribution in [3.8, 4) is 0 Å². The van der Waals surface area contributed by atoms with E-state index in [2.05, 4.69) is 41.0 Å². The maximum absolute atomic E-state index is 4.98. The topological polar surface area (TPSA) is 31.7 Å². The molecule has 0 aliphatic carbocycles. The fraction of sp³-hybridized carbons (Fsp3) is 0.217. The Labute approximate surface area is 171 Å². The summed E-state index contributed by atoms with van der Waals surface area (Å²) in [6, 6.07) is 26.4. The lowest BCUT2D eigenvalue weighted by molar-refractivity contribution is 0.410. The first-order chi connectivity index (χ1) is 13.7. The van der Waals surface area contributed by atoms with Gasteiger partial charge in [0.2, 0.25) is 0 Å². The van der Waals surface area contributed by atoms with Gasteiger partial charge in [-0.1, -0.05) is 54.2 Å². The van der Waals surface area contributed by atoms with E-state index >= 15 is 0 Å². The zero-order valence-corrected chi connectivity index (χ0v) is 17.2. The molecule has 0 spiro atoms. The molecule has 5 heteroatoms. The second-order valence-electron chi connectivity index (χ2n) is 6.59. The standard InChI is InChI=1S/C23H26N4S/c1-26(2)18-11-19-28-23(25-20-12-5-3-6-13-20)27(21-14-7-4-8-15-21)22-16-9-10-17-24-22/h3-10,12-17H,11,18-19H2,1-2H3. The number of benzene rings is 2. The molecule has 1 heterocycles. The summed E-state index contributed by atoms with van der Waals surface area (Å²) >= 11 is 1.77. The van der Waals surface area contributed by atoms with Crippen LogP contribution in [0.2, 0.25) is 0 Å². The highest BCUT2D eigenvalue weighted by Crippen LogP contribution is 2.29. The van der Waals surface area contributed by atoms with Gasteiger partial charge in [0.1, 0.15) is 5.82 Å². The Morgan fingerprint density at radius 3 is 2.21 bits per heavy atom. The number of hydrogen-bond acceptors (Lipinski definition) is 4. The molecule has 0 unspecified atom stereocenters. The average molecular weight is 391 g/mol. The summed E-state index contributed by atoms with van der Waals surface area (Å²) < 4.78 is 0. The van der Waals surface area contributed by atoms with Gasteiger partial charge in [-0.15, -0.1) is 0 Å². The summed E-state index contributed by atoms with van der Waals surface area (Å²) in [7, 11) is 4.21. The maximum Gasteiger partial charge on any atom is 0.174 e. The van der Waals surface area contributed by atoms with E-state index in [4.69, 9.17) is 4.99 Å². The monoisotopic (exact) mass is 390 g/mol. The van der Waals surface area contributed by atoms with Gasteiger partial charge in [-0.25, -0.2) is 9.98 Å². The Kier molecular flexibility index (Phi) is 7.64. The van der Waals surface area contributed by atoms with Crippen LogP contribution in [0.15, 0.2) is 90.1 Å². The Bertz CT molecular complexity index is 812. The van der Waals surface area contributed by atoms with E-state index in [-0.39, 0.29) is 0 Å². The van der Waals surface area contributed by atoms with Gasteiger partial charge >= 0.3 is 0 Å². The summed E-state index contributed by atoms with van der Waals surface area (Å²) in [4.78, 5) is 13.9. The van der Waals surface area contributed by atoms with E-state index in [1.807, 2.05) is 72.9 Å². The molecule has 2 aromatic carbocycles. The maximum atomic E-state index is 4.98. The second-order valence-corrected chi connectivity index (χ2v) is 7.66. The van der Waals surface area contributed by atoms with E-state index in [1.165, 1.54) is 0 Å². The van der Waals surface area contributed by atoms with Gasteiger partial charge in [-0.3, -0.25) is 4.90 Å². The Hall–Kier alpha value is -2.63. The van der Waals surface area contributed by atoms with E-state index < -0.39 is 0 Å². The predicted molar refractivity (Wildman–Crippen MR) is 122 cm³/mol. The molecule has 0 saturated heterocycles. The van der Waals surface area contributed by atoms with Crippen LogP contribution in [0.1, 0.15) is 6.42 Å². The van der Waals surface area contributed by atoms with Crippen molar-refractivity contribution in [2.45, 2.75) is 6.42 Å². The first kappa shape index (κ1) is 20.1. The molecule has 144 valence electrons. The van der Waals surface area contributed by atoms with Crippen LogP contribution in [0.3, 0.4) is 0 Å². The largest absolute Gasteiger partial charge is 0.309 e. The quantitative estimate of drug-likeness (QED) is 0.299. The van der Waals surface area contributed by atoms with Crippen LogP contribution in [-0.2, 0) is 0 Å². The smallest absolute Gasteiger partial charge is 0.174 e. The van der Waals surface area contributed by atoms with Crippen molar-refractivity contribution in [3.63, 3.8) is 0 Å². The van der Waals surface area contributed by atoms with Crippen LogP contribution < -0.4 is 4.90 Å². The number of nitrogens with zero attached hydrogens (tertiary/aromatic N) is 4. The zero-order chi connectivity index (χ0) is 19.6. The third kappa shape index (κ3) is 5.94. The van der Waals surface area contributed by atoms with Gasteiger partial charge in [-0.2, -0.15) is 0 Å². The summed E-state index contributed by atoms with van der Waals surface area (Å²) in [5.41, 5.74) is 1.99. The number of para-hydroxylation sites is 2. The van der Waals surface area contributed by atoms with Crippen molar-refractivity contribution >= 4 is 34.1 Å². The van der Waals surface area contributed by atoms with Gasteiger partial charge in [0.25, 0.3) is 0 Å². The first-order valence-corrected chi connectivity index (χ1v) is 10.4. The molecule has 0 N–H and O–H groups in total. The summed E-state index contributed by atoms with van der Waals surface area (Å²) in [6.07, 6.45) is 2.92. The molecule has 0 radical (unpaired) electrons. The van der Waals surface area contributed by atoms with Crippen molar-refractivity contribution in [2.24, 2.45) is 4.99 Å². The molecule has 0 bridgehead atoms. The van der Waals surface area contributed by atoms with Crippen LogP contribution >= 0.6 is 11.8 Å². The minimum atomic E-state index is 0.864. The molecule has 0 aliphatic rings. The highest BCUT2D eigenvalue weighted by atomic mass is 32.2. The van der Waals surface area contributed by atoms with Gasteiger partial charge in [0.15, 0.2) is 5.17 Å². The third-order valence-electron chi connectivity index (χ3n) is 4.05. The number of aliphatic imine (C=N–C) groups is 1. The van der Waals surface area contributed by atoms with E-state index in [1.54, 1.807) is 11.8 Å². The molecule has 28 heavy (non-hydrogen) atoms. The SMILES string of the molecule is CN(C)CCCSC(=Nc1ccccc1)N(c1ccccc1)c1ccccn1. The molecule has 1 aromatic heterocycles. The van der Waals surface area contributed by atoms with Gasteiger partial charge < -0.3 is 4.90 Å². The lowest BCUT2D eigenvalue weighted by Crippen LogP contribution is -2.25. The van der Waals surface area contributed by atoms with Gasteiger partial charge in [-0.05, 0) is 63.5 Å². The number of aromatic nitrogens is 1. The van der Waals surface area contributed by atoms with Crippen molar-refractivity contribution in [3.05, 3.63) is 85.1 Å². The van der Waals surface area contributed by atoms with Gasteiger partial charge in [0.05, 0.1) is 5.69 Å². The van der Waals surface area contributed by atoms with Gasteiger partial charge in [0, 0.05) is 17.6 Å². The van der Waals surface area contributed by atoms with Crippen molar-refractivity contribution in [1.29, 1.82) is 0 Å². The highest BCUT2D eigenvalue weighted by Gasteiger charge is 2.18. The van der Waals surface area contributed by atoms with Crippen molar-refractivity contribution in [1.82, 2.24) is 9.88 Å². The minimum absolute atomic E-state index is 0.864. The van der Waals surface area contributed by atoms with Crippen molar-refractivity contribution in [2.75, 3.05) is 31.3 Å². The number of anilines is 2. The third-order valence-corrected chi connectivity index (χ3v) is 5.07. The fourth-order valence-electron chi connectivity index (χ4n) is 2.71. The lowest BCUT2D eigenvalue weighted by atomic mass is 10.3. The van der Waals surface area contributed by atoms with E-state index in [0.29, 0.717) is 0 Å². The average Bonchev–Trinajstić information content (AvgIpc) is 2.73. The molecule has 3 rings (SSSR count). The number of thioether (sulfide) groups is 1. The molecule has 0 aliphatic heterocycles. The number of amidine groups is 1. The number of hydrogen-bond donors (Lipinski definition) is 0. The predicted octanol–water partition coefficient (Wildman–Crippen LogP) is 5.59. The molecule has 3 aromatic rings. The molecular formula is C23H26N4S. The van der Waals surface area contributed by atoms with Crippen LogP contribution in [-0.4, -0.2) is 41.4 Å².